The Morgan fingerprint density at radius 1 is 0.586 bits per heavy atom. The van der Waals surface area contributed by atoms with Crippen LogP contribution in [-0.4, -0.2) is 9.97 Å². The van der Waals surface area contributed by atoms with Crippen molar-refractivity contribution in [1.82, 2.24) is 9.97 Å². The van der Waals surface area contributed by atoms with Crippen molar-refractivity contribution in [2.75, 3.05) is 0 Å². The summed E-state index contributed by atoms with van der Waals surface area (Å²) in [5.74, 6) is 0. The van der Waals surface area contributed by atoms with Crippen molar-refractivity contribution >= 4 is 21.5 Å². The standard InChI is InChI=1S/C14H11N.C13H9N/c1-10-14-9-11-5-3-2-4-6-12(11)13(14)7-8-15-10;1-2-4-10-8-11-9-14-7-6-13(11)12(10)5-3-1/h2-9H,1H3;1-9H. The third kappa shape index (κ3) is 3.19. The Bertz CT molecular complexity index is 1370. The summed E-state index contributed by atoms with van der Waals surface area (Å²) in [5, 5.41) is 5.06. The van der Waals surface area contributed by atoms with Gasteiger partial charge in [-0.05, 0) is 64.2 Å². The minimum Gasteiger partial charge on any atom is -0.264 e. The van der Waals surface area contributed by atoms with Crippen LogP contribution >= 0.6 is 0 Å². The first-order chi connectivity index (χ1) is 14.3. The molecule has 29 heavy (non-hydrogen) atoms. The minimum absolute atomic E-state index is 1.10. The molecule has 2 nitrogen and oxygen atoms in total. The van der Waals surface area contributed by atoms with Gasteiger partial charge in [-0.2, -0.15) is 0 Å². The molecule has 2 heterocycles. The second-order valence-electron chi connectivity index (χ2n) is 7.17. The highest BCUT2D eigenvalue weighted by Gasteiger charge is 2.09. The summed E-state index contributed by atoms with van der Waals surface area (Å²) in [5.41, 5.74) is 6.27. The summed E-state index contributed by atoms with van der Waals surface area (Å²) < 4.78 is 0. The summed E-state index contributed by atoms with van der Waals surface area (Å²) in [4.78, 5) is 8.44. The highest BCUT2D eigenvalue weighted by atomic mass is 14.7. The fraction of sp³-hybridized carbons (Fsp3) is 0.0370. The van der Waals surface area contributed by atoms with Gasteiger partial charge in [0.05, 0.1) is 0 Å². The molecule has 138 valence electrons. The Labute approximate surface area is 170 Å². The number of pyridine rings is 2. The van der Waals surface area contributed by atoms with Gasteiger partial charge in [0.2, 0.25) is 0 Å². The van der Waals surface area contributed by atoms with Crippen LogP contribution in [0.1, 0.15) is 5.69 Å². The fourth-order valence-corrected chi connectivity index (χ4v) is 3.95. The van der Waals surface area contributed by atoms with Gasteiger partial charge < -0.3 is 0 Å². The lowest BCUT2D eigenvalue weighted by Gasteiger charge is -1.95. The maximum atomic E-state index is 4.32. The SMILES string of the molecule is Cc1nccc2c3cccccc-3cc12.c1ccc2cc3cnccc3c-2cc1. The topological polar surface area (TPSA) is 25.8 Å². The van der Waals surface area contributed by atoms with E-state index in [2.05, 4.69) is 95.8 Å². The summed E-state index contributed by atoms with van der Waals surface area (Å²) >= 11 is 0. The molecule has 0 bridgehead atoms. The highest BCUT2D eigenvalue weighted by Crippen LogP contribution is 2.34. The molecule has 2 aromatic heterocycles. The van der Waals surface area contributed by atoms with E-state index in [1.807, 2.05) is 24.7 Å². The van der Waals surface area contributed by atoms with E-state index in [1.165, 1.54) is 43.8 Å². The Hall–Kier alpha value is -3.78. The van der Waals surface area contributed by atoms with E-state index in [-0.39, 0.29) is 0 Å². The van der Waals surface area contributed by atoms with Crippen LogP contribution in [0, 0.1) is 6.92 Å². The lowest BCUT2D eigenvalue weighted by molar-refractivity contribution is 1.24. The second kappa shape index (κ2) is 7.33. The number of hydrogen-bond donors (Lipinski definition) is 0. The van der Waals surface area contributed by atoms with Crippen molar-refractivity contribution in [3.05, 3.63) is 109 Å². The molecule has 0 spiro atoms. The van der Waals surface area contributed by atoms with Crippen molar-refractivity contribution < 1.29 is 0 Å². The van der Waals surface area contributed by atoms with Crippen LogP contribution in [0.15, 0.2) is 104 Å². The van der Waals surface area contributed by atoms with Crippen LogP contribution in [0.4, 0.5) is 0 Å². The predicted molar refractivity (Wildman–Crippen MR) is 121 cm³/mol. The Kier molecular flexibility index (Phi) is 4.38. The minimum atomic E-state index is 1.10. The van der Waals surface area contributed by atoms with Crippen LogP contribution < -0.4 is 0 Å². The normalized spacial score (nSPS) is 10.9. The number of fused-ring (bicyclic) bond motifs is 6. The number of nitrogens with zero attached hydrogens (tertiary/aromatic N) is 2. The zero-order chi connectivity index (χ0) is 19.6. The van der Waals surface area contributed by atoms with Crippen LogP contribution in [0.3, 0.4) is 0 Å². The summed E-state index contributed by atoms with van der Waals surface area (Å²) in [6.07, 6.45) is 5.63. The Morgan fingerprint density at radius 2 is 1.24 bits per heavy atom. The first kappa shape index (κ1) is 17.3. The van der Waals surface area contributed by atoms with Crippen molar-refractivity contribution in [3.8, 4) is 22.3 Å². The van der Waals surface area contributed by atoms with Gasteiger partial charge in [-0.1, -0.05) is 60.7 Å². The zero-order valence-electron chi connectivity index (χ0n) is 16.2. The van der Waals surface area contributed by atoms with Gasteiger partial charge in [0.1, 0.15) is 0 Å². The Balaban J connectivity index is 0.000000125. The first-order valence-electron chi connectivity index (χ1n) is 9.76. The third-order valence-electron chi connectivity index (χ3n) is 5.38. The predicted octanol–water partition coefficient (Wildman–Crippen LogP) is 6.99. The van der Waals surface area contributed by atoms with Crippen molar-refractivity contribution in [3.63, 3.8) is 0 Å². The molecule has 6 rings (SSSR count). The number of aryl methyl sites for hydroxylation is 1. The van der Waals surface area contributed by atoms with Crippen LogP contribution in [0.2, 0.25) is 0 Å². The third-order valence-corrected chi connectivity index (χ3v) is 5.38. The van der Waals surface area contributed by atoms with E-state index < -0.39 is 0 Å². The molecule has 0 saturated carbocycles. The molecule has 0 fully saturated rings. The first-order valence-corrected chi connectivity index (χ1v) is 9.76. The fourth-order valence-electron chi connectivity index (χ4n) is 3.95. The molecule has 0 amide bonds. The lowest BCUT2D eigenvalue weighted by Crippen LogP contribution is -1.77. The molecule has 0 N–H and O–H groups in total. The zero-order valence-corrected chi connectivity index (χ0v) is 16.2. The van der Waals surface area contributed by atoms with Crippen LogP contribution in [-0.2, 0) is 0 Å². The van der Waals surface area contributed by atoms with E-state index >= 15 is 0 Å². The van der Waals surface area contributed by atoms with E-state index in [0.29, 0.717) is 0 Å². The molecule has 2 aromatic rings. The number of rotatable bonds is 0. The summed E-state index contributed by atoms with van der Waals surface area (Å²) in [6, 6.07) is 29.5. The monoisotopic (exact) mass is 372 g/mol. The molecule has 0 unspecified atom stereocenters. The van der Waals surface area contributed by atoms with Crippen molar-refractivity contribution in [2.45, 2.75) is 6.92 Å². The Morgan fingerprint density at radius 3 is 2.03 bits per heavy atom. The highest BCUT2D eigenvalue weighted by molar-refractivity contribution is 6.03. The molecule has 0 radical (unpaired) electrons. The number of hydrogen-bond acceptors (Lipinski definition) is 2. The van der Waals surface area contributed by atoms with E-state index in [9.17, 15) is 0 Å². The van der Waals surface area contributed by atoms with Gasteiger partial charge in [-0.15, -0.1) is 0 Å². The van der Waals surface area contributed by atoms with Gasteiger partial charge in [-0.25, -0.2) is 0 Å². The van der Waals surface area contributed by atoms with E-state index in [4.69, 9.17) is 0 Å². The molecule has 0 aromatic carbocycles. The summed E-state index contributed by atoms with van der Waals surface area (Å²) in [7, 11) is 0. The maximum absolute atomic E-state index is 4.32. The van der Waals surface area contributed by atoms with Gasteiger partial charge in [0.15, 0.2) is 0 Å². The van der Waals surface area contributed by atoms with E-state index in [0.717, 1.165) is 5.69 Å². The molecule has 0 aliphatic heterocycles. The summed E-state index contributed by atoms with van der Waals surface area (Å²) in [6.45, 7) is 2.06. The molecule has 4 aliphatic rings. The van der Waals surface area contributed by atoms with Gasteiger partial charge in [0, 0.05) is 35.1 Å². The maximum Gasteiger partial charge on any atom is 0.0451 e. The lowest BCUT2D eigenvalue weighted by atomic mass is 10.1. The smallest absolute Gasteiger partial charge is 0.0451 e. The molecular weight excluding hydrogens is 352 g/mol. The van der Waals surface area contributed by atoms with E-state index in [1.54, 1.807) is 0 Å². The van der Waals surface area contributed by atoms with Crippen molar-refractivity contribution in [1.29, 1.82) is 0 Å². The van der Waals surface area contributed by atoms with Crippen molar-refractivity contribution in [2.24, 2.45) is 0 Å². The van der Waals surface area contributed by atoms with Gasteiger partial charge in [-0.3, -0.25) is 9.97 Å². The molecule has 0 atom stereocenters. The quantitative estimate of drug-likeness (QED) is 0.287. The van der Waals surface area contributed by atoms with Crippen LogP contribution in [0.25, 0.3) is 43.8 Å². The average molecular weight is 372 g/mol. The largest absolute Gasteiger partial charge is 0.264 e. The van der Waals surface area contributed by atoms with Crippen LogP contribution in [0.5, 0.6) is 0 Å². The molecule has 4 aliphatic carbocycles. The van der Waals surface area contributed by atoms with Gasteiger partial charge in [0.25, 0.3) is 0 Å². The molecular formula is C27H20N2. The molecule has 0 saturated heterocycles. The molecule has 2 heteroatoms. The van der Waals surface area contributed by atoms with Gasteiger partial charge >= 0.3 is 0 Å². The second-order valence-corrected chi connectivity index (χ2v) is 7.17. The number of aromatic nitrogens is 2. The average Bonchev–Trinajstić information content (AvgIpc) is 3.05.